The molecule has 0 unspecified atom stereocenters. The quantitative estimate of drug-likeness (QED) is 0.373. The molecule has 7 heteroatoms. The van der Waals surface area contributed by atoms with Crippen LogP contribution in [0.4, 0.5) is 11.4 Å². The maximum atomic E-state index is 13.6. The van der Waals surface area contributed by atoms with Crippen LogP contribution in [-0.4, -0.2) is 27.5 Å². The third kappa shape index (κ3) is 4.47. The van der Waals surface area contributed by atoms with Crippen LogP contribution < -0.4 is 14.4 Å². The van der Waals surface area contributed by atoms with Gasteiger partial charge in [0.15, 0.2) is 0 Å². The highest BCUT2D eigenvalue weighted by Gasteiger charge is 2.27. The molecule has 1 amide bonds. The fraction of sp³-hybridized carbons (Fsp3) is 0.179. The third-order valence-electron chi connectivity index (χ3n) is 6.21. The molecule has 0 spiro atoms. The van der Waals surface area contributed by atoms with Gasteiger partial charge in [-0.3, -0.25) is 9.10 Å². The van der Waals surface area contributed by atoms with Crippen LogP contribution in [0.5, 0.6) is 5.75 Å². The smallest absolute Gasteiger partial charge is 0.264 e. The van der Waals surface area contributed by atoms with Gasteiger partial charge in [0.05, 0.1) is 17.2 Å². The molecule has 0 aliphatic heterocycles. The van der Waals surface area contributed by atoms with Gasteiger partial charge in [-0.05, 0) is 78.7 Å². The van der Waals surface area contributed by atoms with Crippen LogP contribution in [0.1, 0.15) is 18.1 Å². The topological polar surface area (TPSA) is 75.7 Å². The van der Waals surface area contributed by atoms with E-state index in [-0.39, 0.29) is 11.4 Å². The number of benzene rings is 4. The van der Waals surface area contributed by atoms with Crippen molar-refractivity contribution in [2.24, 2.45) is 0 Å². The Morgan fingerprint density at radius 2 is 1.60 bits per heavy atom. The second kappa shape index (κ2) is 9.43. The number of nitrogens with one attached hydrogen (secondary N) is 1. The first kappa shape index (κ1) is 22.9. The first-order valence-corrected chi connectivity index (χ1v) is 13.1. The molecule has 0 fully saturated rings. The van der Waals surface area contributed by atoms with E-state index in [1.165, 1.54) is 28.6 Å². The standard InChI is InChI=1S/C28H26N2O4S/c1-2-34-23-16-14-22(15-17-23)30(35(32,33)24-8-4-3-5-9-24)19-27(31)29-26-18-13-21-12-11-20-7-6-10-25(26)28(20)21/h3-10,13-18H,2,11-12,19H2,1H3,(H,29,31). The lowest BCUT2D eigenvalue weighted by Gasteiger charge is -2.24. The molecular weight excluding hydrogens is 460 g/mol. The number of anilines is 2. The number of nitrogens with zero attached hydrogens (tertiary/aromatic N) is 1. The lowest BCUT2D eigenvalue weighted by Crippen LogP contribution is -2.38. The molecule has 5 rings (SSSR count). The van der Waals surface area contributed by atoms with Crippen molar-refractivity contribution in [2.45, 2.75) is 24.7 Å². The Morgan fingerprint density at radius 3 is 2.31 bits per heavy atom. The molecule has 35 heavy (non-hydrogen) atoms. The lowest BCUT2D eigenvalue weighted by atomic mass is 10.0. The summed E-state index contributed by atoms with van der Waals surface area (Å²) in [5, 5.41) is 5.11. The van der Waals surface area contributed by atoms with Gasteiger partial charge in [-0.1, -0.05) is 42.5 Å². The Balaban J connectivity index is 1.47. The Labute approximate surface area is 205 Å². The molecule has 1 aliphatic rings. The molecule has 4 aromatic rings. The second-order valence-electron chi connectivity index (χ2n) is 8.41. The van der Waals surface area contributed by atoms with E-state index < -0.39 is 15.9 Å². The zero-order chi connectivity index (χ0) is 24.4. The molecule has 178 valence electrons. The van der Waals surface area contributed by atoms with E-state index in [1.807, 2.05) is 31.2 Å². The molecule has 1 N–H and O–H groups in total. The van der Waals surface area contributed by atoms with Crippen LogP contribution in [0.3, 0.4) is 0 Å². The predicted octanol–water partition coefficient (Wildman–Crippen LogP) is 5.17. The summed E-state index contributed by atoms with van der Waals surface area (Å²) in [6.07, 6.45) is 1.98. The summed E-state index contributed by atoms with van der Waals surface area (Å²) in [7, 11) is -3.98. The summed E-state index contributed by atoms with van der Waals surface area (Å²) in [4.78, 5) is 13.3. The maximum absolute atomic E-state index is 13.6. The van der Waals surface area contributed by atoms with Gasteiger partial charge in [0.1, 0.15) is 12.3 Å². The van der Waals surface area contributed by atoms with Gasteiger partial charge in [0, 0.05) is 11.1 Å². The zero-order valence-corrected chi connectivity index (χ0v) is 20.2. The molecular formula is C28H26N2O4S. The Morgan fingerprint density at radius 1 is 0.886 bits per heavy atom. The Hall–Kier alpha value is -3.84. The average Bonchev–Trinajstić information content (AvgIpc) is 3.30. The number of ether oxygens (including phenoxy) is 1. The van der Waals surface area contributed by atoms with E-state index in [9.17, 15) is 13.2 Å². The highest BCUT2D eigenvalue weighted by molar-refractivity contribution is 7.92. The summed E-state index contributed by atoms with van der Waals surface area (Å²) in [5.41, 5.74) is 3.61. The largest absolute Gasteiger partial charge is 0.494 e. The van der Waals surface area contributed by atoms with Crippen LogP contribution in [0, 0.1) is 0 Å². The van der Waals surface area contributed by atoms with Gasteiger partial charge in [-0.2, -0.15) is 0 Å². The summed E-state index contributed by atoms with van der Waals surface area (Å²) in [5.74, 6) is 0.211. The molecule has 0 bridgehead atoms. The van der Waals surface area contributed by atoms with Crippen LogP contribution >= 0.6 is 0 Å². The van der Waals surface area contributed by atoms with Gasteiger partial charge >= 0.3 is 0 Å². The van der Waals surface area contributed by atoms with Crippen molar-refractivity contribution in [3.05, 3.63) is 96.1 Å². The minimum atomic E-state index is -3.98. The molecule has 0 radical (unpaired) electrons. The van der Waals surface area contributed by atoms with Crippen molar-refractivity contribution in [2.75, 3.05) is 22.8 Å². The number of aryl methyl sites for hydroxylation is 2. The number of carbonyl (C=O) groups is 1. The van der Waals surface area contributed by atoms with Crippen LogP contribution in [0.15, 0.2) is 89.8 Å². The summed E-state index contributed by atoms with van der Waals surface area (Å²) >= 11 is 0. The van der Waals surface area contributed by atoms with Crippen molar-refractivity contribution >= 4 is 38.1 Å². The van der Waals surface area contributed by atoms with Crippen LogP contribution in [0.25, 0.3) is 10.8 Å². The fourth-order valence-corrected chi connectivity index (χ4v) is 6.03. The van der Waals surface area contributed by atoms with E-state index in [2.05, 4.69) is 11.4 Å². The molecule has 4 aromatic carbocycles. The minimum absolute atomic E-state index is 0.118. The SMILES string of the molecule is CCOc1ccc(N(CC(=O)Nc2ccc3c4c(cccc24)CC3)S(=O)(=O)c2ccccc2)cc1. The van der Waals surface area contributed by atoms with Crippen LogP contribution in [-0.2, 0) is 27.7 Å². The Bertz CT molecular complexity index is 1470. The normalized spacial score (nSPS) is 12.5. The fourth-order valence-electron chi connectivity index (χ4n) is 4.59. The zero-order valence-electron chi connectivity index (χ0n) is 19.4. The molecule has 1 aliphatic carbocycles. The van der Waals surface area contributed by atoms with E-state index in [0.717, 1.165) is 22.5 Å². The number of sulfonamides is 1. The predicted molar refractivity (Wildman–Crippen MR) is 139 cm³/mol. The van der Waals surface area contributed by atoms with Gasteiger partial charge in [-0.15, -0.1) is 0 Å². The van der Waals surface area contributed by atoms with Crippen molar-refractivity contribution < 1.29 is 17.9 Å². The molecule has 0 heterocycles. The second-order valence-corrected chi connectivity index (χ2v) is 10.3. The number of carbonyl (C=O) groups excluding carboxylic acids is 1. The number of hydrogen-bond donors (Lipinski definition) is 1. The maximum Gasteiger partial charge on any atom is 0.264 e. The van der Waals surface area contributed by atoms with E-state index in [4.69, 9.17) is 4.74 Å². The highest BCUT2D eigenvalue weighted by Crippen LogP contribution is 2.35. The lowest BCUT2D eigenvalue weighted by molar-refractivity contribution is -0.114. The van der Waals surface area contributed by atoms with Crippen molar-refractivity contribution in [1.29, 1.82) is 0 Å². The summed E-state index contributed by atoms with van der Waals surface area (Å²) in [6, 6.07) is 24.9. The summed E-state index contributed by atoms with van der Waals surface area (Å²) < 4.78 is 33.7. The number of amides is 1. The molecule has 0 saturated heterocycles. The molecule has 0 aromatic heterocycles. The van der Waals surface area contributed by atoms with Gasteiger partial charge < -0.3 is 10.1 Å². The highest BCUT2D eigenvalue weighted by atomic mass is 32.2. The van der Waals surface area contributed by atoms with Crippen LogP contribution in [0.2, 0.25) is 0 Å². The van der Waals surface area contributed by atoms with Gasteiger partial charge in [0.25, 0.3) is 10.0 Å². The van der Waals surface area contributed by atoms with Crippen molar-refractivity contribution in [3.63, 3.8) is 0 Å². The van der Waals surface area contributed by atoms with E-state index in [0.29, 0.717) is 23.7 Å². The number of hydrogen-bond acceptors (Lipinski definition) is 4. The molecule has 6 nitrogen and oxygen atoms in total. The van der Waals surface area contributed by atoms with Gasteiger partial charge in [0.2, 0.25) is 5.91 Å². The minimum Gasteiger partial charge on any atom is -0.494 e. The van der Waals surface area contributed by atoms with Crippen molar-refractivity contribution in [3.8, 4) is 5.75 Å². The molecule has 0 atom stereocenters. The number of rotatable bonds is 8. The van der Waals surface area contributed by atoms with Gasteiger partial charge in [-0.25, -0.2) is 8.42 Å². The third-order valence-corrected chi connectivity index (χ3v) is 7.99. The summed E-state index contributed by atoms with van der Waals surface area (Å²) in [6.45, 7) is 2.01. The van der Waals surface area contributed by atoms with E-state index >= 15 is 0 Å². The monoisotopic (exact) mass is 486 g/mol. The Kier molecular flexibility index (Phi) is 6.17. The first-order valence-electron chi connectivity index (χ1n) is 11.6. The average molecular weight is 487 g/mol. The van der Waals surface area contributed by atoms with Crippen molar-refractivity contribution in [1.82, 2.24) is 0 Å². The first-order chi connectivity index (χ1) is 17.0. The molecule has 0 saturated carbocycles. The van der Waals surface area contributed by atoms with E-state index in [1.54, 1.807) is 42.5 Å².